The number of nitrogens with zero attached hydrogens (tertiary/aromatic N) is 2. The second-order valence-corrected chi connectivity index (χ2v) is 6.87. The molecule has 2 aliphatic heterocycles. The minimum atomic E-state index is 0.187. The van der Waals surface area contributed by atoms with E-state index in [4.69, 9.17) is 0 Å². The number of rotatable bonds is 4. The van der Waals surface area contributed by atoms with Crippen molar-refractivity contribution in [3.05, 3.63) is 54.1 Å². The molecular weight excluding hydrogens is 310 g/mol. The van der Waals surface area contributed by atoms with Crippen LogP contribution in [0, 0.1) is 0 Å². The predicted octanol–water partition coefficient (Wildman–Crippen LogP) is 4.02. The summed E-state index contributed by atoms with van der Waals surface area (Å²) in [7, 11) is 0. The number of carbonyl (C=O) groups is 1. The van der Waals surface area contributed by atoms with E-state index in [1.807, 2.05) is 23.1 Å². The highest BCUT2D eigenvalue weighted by molar-refractivity contribution is 5.98. The molecule has 0 spiro atoms. The van der Waals surface area contributed by atoms with Crippen LogP contribution in [0.2, 0.25) is 0 Å². The van der Waals surface area contributed by atoms with E-state index in [1.165, 1.54) is 5.56 Å². The maximum Gasteiger partial charge on any atom is 0.246 e. The second-order valence-electron chi connectivity index (χ2n) is 6.87. The van der Waals surface area contributed by atoms with Gasteiger partial charge in [-0.2, -0.15) is 0 Å². The van der Waals surface area contributed by atoms with Crippen LogP contribution in [0.4, 0.5) is 17.1 Å². The molecule has 0 aromatic heterocycles. The van der Waals surface area contributed by atoms with Crippen LogP contribution >= 0.6 is 0 Å². The van der Waals surface area contributed by atoms with Gasteiger partial charge in [0, 0.05) is 12.2 Å². The first-order valence-corrected chi connectivity index (χ1v) is 9.28. The van der Waals surface area contributed by atoms with E-state index in [2.05, 4.69) is 47.5 Å². The lowest BCUT2D eigenvalue weighted by Crippen LogP contribution is -2.46. The average molecular weight is 335 g/mol. The molecule has 2 aromatic carbocycles. The van der Waals surface area contributed by atoms with Crippen molar-refractivity contribution in [3.8, 4) is 0 Å². The molecule has 0 radical (unpaired) electrons. The van der Waals surface area contributed by atoms with Crippen molar-refractivity contribution in [1.82, 2.24) is 0 Å². The Balaban J connectivity index is 1.58. The topological polar surface area (TPSA) is 35.6 Å². The highest BCUT2D eigenvalue weighted by atomic mass is 16.2. The Labute approximate surface area is 149 Å². The second kappa shape index (κ2) is 6.79. The molecule has 2 aromatic rings. The third kappa shape index (κ3) is 2.97. The van der Waals surface area contributed by atoms with Crippen LogP contribution in [-0.4, -0.2) is 25.2 Å². The Kier molecular flexibility index (Phi) is 4.35. The maximum atomic E-state index is 13.1. The van der Waals surface area contributed by atoms with Crippen molar-refractivity contribution in [3.63, 3.8) is 0 Å². The molecule has 130 valence electrons. The number of carbonyl (C=O) groups excluding carboxylic acids is 1. The van der Waals surface area contributed by atoms with E-state index in [-0.39, 0.29) is 12.1 Å². The van der Waals surface area contributed by atoms with Gasteiger partial charge in [-0.1, -0.05) is 43.7 Å². The Hall–Kier alpha value is -2.49. The molecule has 0 fully saturated rings. The summed E-state index contributed by atoms with van der Waals surface area (Å²) in [5.74, 6) is 0.187. The van der Waals surface area contributed by atoms with Crippen LogP contribution in [0.1, 0.15) is 31.7 Å². The van der Waals surface area contributed by atoms with Crippen molar-refractivity contribution >= 4 is 23.0 Å². The van der Waals surface area contributed by atoms with Gasteiger partial charge < -0.3 is 15.1 Å². The van der Waals surface area contributed by atoms with Crippen molar-refractivity contribution in [2.45, 2.75) is 38.8 Å². The van der Waals surface area contributed by atoms with Gasteiger partial charge in [-0.25, -0.2) is 0 Å². The van der Waals surface area contributed by atoms with Crippen LogP contribution in [0.3, 0.4) is 0 Å². The molecule has 2 aliphatic rings. The predicted molar refractivity (Wildman–Crippen MR) is 103 cm³/mol. The number of nitrogens with one attached hydrogen (secondary N) is 1. The molecule has 0 bridgehead atoms. The van der Waals surface area contributed by atoms with Crippen molar-refractivity contribution in [2.75, 3.05) is 28.2 Å². The molecule has 4 nitrogen and oxygen atoms in total. The Bertz CT molecular complexity index is 773. The van der Waals surface area contributed by atoms with Gasteiger partial charge >= 0.3 is 0 Å². The molecule has 1 amide bonds. The van der Waals surface area contributed by atoms with Gasteiger partial charge in [0.1, 0.15) is 0 Å². The number of amides is 1. The minimum Gasteiger partial charge on any atom is -0.363 e. The summed E-state index contributed by atoms with van der Waals surface area (Å²) >= 11 is 0. The molecule has 0 aliphatic carbocycles. The summed E-state index contributed by atoms with van der Waals surface area (Å²) in [5, 5.41) is 3.57. The number of aryl methyl sites for hydroxylation is 1. The third-order valence-corrected chi connectivity index (χ3v) is 5.19. The molecule has 4 rings (SSSR count). The summed E-state index contributed by atoms with van der Waals surface area (Å²) in [6, 6.07) is 16.6. The first-order valence-electron chi connectivity index (χ1n) is 9.28. The molecule has 25 heavy (non-hydrogen) atoms. The average Bonchev–Trinajstić information content (AvgIpc) is 2.99. The molecule has 0 saturated heterocycles. The van der Waals surface area contributed by atoms with Crippen LogP contribution < -0.4 is 15.1 Å². The Morgan fingerprint density at radius 2 is 1.88 bits per heavy atom. The van der Waals surface area contributed by atoms with Crippen LogP contribution in [0.25, 0.3) is 0 Å². The number of hydrogen-bond donors (Lipinski definition) is 1. The van der Waals surface area contributed by atoms with Gasteiger partial charge in [0.2, 0.25) is 5.91 Å². The first-order chi connectivity index (χ1) is 12.3. The Morgan fingerprint density at radius 1 is 1.12 bits per heavy atom. The molecule has 0 unspecified atom stereocenters. The fraction of sp³-hybridized carbons (Fsp3) is 0.381. The third-order valence-electron chi connectivity index (χ3n) is 5.19. The number of benzene rings is 2. The number of fused-ring (bicyclic) bond motifs is 2. The standard InChI is InChI=1S/C21H25N3O/c1-2-8-20-22-17-11-4-6-13-19(17)24(20)15-21(25)23-14-7-10-16-9-3-5-12-18(16)23/h3-6,9,11-13,20,22H,2,7-8,10,14-15H2,1H3/t20-/m1/s1. The van der Waals surface area contributed by atoms with Crippen LogP contribution in [0.15, 0.2) is 48.5 Å². The van der Waals surface area contributed by atoms with Crippen molar-refractivity contribution < 1.29 is 4.79 Å². The van der Waals surface area contributed by atoms with Gasteiger partial charge in [0.15, 0.2) is 0 Å². The zero-order valence-corrected chi connectivity index (χ0v) is 14.7. The van der Waals surface area contributed by atoms with Crippen LogP contribution in [0.5, 0.6) is 0 Å². The fourth-order valence-corrected chi connectivity index (χ4v) is 3.99. The zero-order valence-electron chi connectivity index (χ0n) is 14.7. The van der Waals surface area contributed by atoms with Gasteiger partial charge in [0.05, 0.1) is 24.1 Å². The number of para-hydroxylation sites is 3. The number of hydrogen-bond acceptors (Lipinski definition) is 3. The quantitative estimate of drug-likeness (QED) is 0.916. The summed E-state index contributed by atoms with van der Waals surface area (Å²) in [4.78, 5) is 17.3. The minimum absolute atomic E-state index is 0.187. The fourth-order valence-electron chi connectivity index (χ4n) is 3.99. The molecule has 0 saturated carbocycles. The van der Waals surface area contributed by atoms with E-state index in [1.54, 1.807) is 0 Å². The van der Waals surface area contributed by atoms with Crippen molar-refractivity contribution in [2.24, 2.45) is 0 Å². The summed E-state index contributed by atoms with van der Waals surface area (Å²) in [5.41, 5.74) is 4.64. The summed E-state index contributed by atoms with van der Waals surface area (Å²) in [6.45, 7) is 3.42. The molecule has 2 heterocycles. The molecule has 4 heteroatoms. The highest BCUT2D eigenvalue weighted by Crippen LogP contribution is 2.36. The van der Waals surface area contributed by atoms with Gasteiger partial charge in [0.25, 0.3) is 0 Å². The van der Waals surface area contributed by atoms with Crippen molar-refractivity contribution in [1.29, 1.82) is 0 Å². The van der Waals surface area contributed by atoms with E-state index in [9.17, 15) is 4.79 Å². The monoisotopic (exact) mass is 335 g/mol. The molecule has 1 atom stereocenters. The zero-order chi connectivity index (χ0) is 17.2. The van der Waals surface area contributed by atoms with E-state index in [0.717, 1.165) is 49.3 Å². The van der Waals surface area contributed by atoms with E-state index < -0.39 is 0 Å². The first kappa shape index (κ1) is 16.0. The summed E-state index contributed by atoms with van der Waals surface area (Å²) < 4.78 is 0. The lowest BCUT2D eigenvalue weighted by Gasteiger charge is -2.33. The number of anilines is 3. The molecular formula is C21H25N3O. The largest absolute Gasteiger partial charge is 0.363 e. The van der Waals surface area contributed by atoms with E-state index in [0.29, 0.717) is 6.54 Å². The van der Waals surface area contributed by atoms with Gasteiger partial charge in [-0.3, -0.25) is 4.79 Å². The lowest BCUT2D eigenvalue weighted by atomic mass is 10.0. The Morgan fingerprint density at radius 3 is 2.72 bits per heavy atom. The smallest absolute Gasteiger partial charge is 0.246 e. The SMILES string of the molecule is CCC[C@@H]1Nc2ccccc2N1CC(=O)N1CCCc2ccccc21. The highest BCUT2D eigenvalue weighted by Gasteiger charge is 2.31. The normalized spacial score (nSPS) is 18.5. The van der Waals surface area contributed by atoms with Crippen LogP contribution in [-0.2, 0) is 11.2 Å². The van der Waals surface area contributed by atoms with E-state index >= 15 is 0 Å². The van der Waals surface area contributed by atoms with Gasteiger partial charge in [-0.15, -0.1) is 0 Å². The maximum absolute atomic E-state index is 13.1. The van der Waals surface area contributed by atoms with Gasteiger partial charge in [-0.05, 0) is 43.0 Å². The molecule has 1 N–H and O–H groups in total. The lowest BCUT2D eigenvalue weighted by molar-refractivity contribution is -0.117. The summed E-state index contributed by atoms with van der Waals surface area (Å²) in [6.07, 6.45) is 4.41.